The molecule has 0 aliphatic heterocycles. The zero-order valence-corrected chi connectivity index (χ0v) is 18.4. The van der Waals surface area contributed by atoms with E-state index in [2.05, 4.69) is 4.98 Å². The molecule has 1 aromatic rings. The lowest BCUT2D eigenvalue weighted by molar-refractivity contribution is -0.237. The van der Waals surface area contributed by atoms with Crippen molar-refractivity contribution < 1.29 is 24.2 Å². The Hall–Kier alpha value is -1.25. The molecule has 9 nitrogen and oxygen atoms in total. The van der Waals surface area contributed by atoms with Crippen molar-refractivity contribution in [3.63, 3.8) is 0 Å². The summed E-state index contributed by atoms with van der Waals surface area (Å²) in [4.78, 5) is 35.9. The molecule has 0 aliphatic carbocycles. The van der Waals surface area contributed by atoms with Crippen LogP contribution in [-0.2, 0) is 14.8 Å². The normalized spacial score (nSPS) is 16.3. The van der Waals surface area contributed by atoms with Gasteiger partial charge in [0.2, 0.25) is 0 Å². The van der Waals surface area contributed by atoms with Crippen LogP contribution in [0.4, 0.5) is 5.82 Å². The summed E-state index contributed by atoms with van der Waals surface area (Å²) in [5.41, 5.74) is 1.79. The van der Waals surface area contributed by atoms with E-state index < -0.39 is 35.4 Å². The highest BCUT2D eigenvalue weighted by Crippen LogP contribution is 2.55. The Kier molecular flexibility index (Phi) is 5.88. The Morgan fingerprint density at radius 1 is 1.07 bits per heavy atom. The minimum absolute atomic E-state index is 0.103. The van der Waals surface area contributed by atoms with Crippen molar-refractivity contribution >= 4 is 13.4 Å². The van der Waals surface area contributed by atoms with E-state index in [0.717, 1.165) is 0 Å². The lowest BCUT2D eigenvalue weighted by Gasteiger charge is -2.54. The number of nitrogen functional groups attached to an aromatic ring is 1. The van der Waals surface area contributed by atoms with Crippen LogP contribution in [0.25, 0.3) is 0 Å². The fraction of sp³-hybridized carbons (Fsp3) is 0.765. The Labute approximate surface area is 159 Å². The summed E-state index contributed by atoms with van der Waals surface area (Å²) in [7, 11) is -4.69. The molecule has 10 heteroatoms. The molecule has 1 unspecified atom stereocenters. The average Bonchev–Trinajstić information content (AvgIpc) is 2.41. The molecule has 0 aliphatic rings. The average molecular weight is 405 g/mol. The monoisotopic (exact) mass is 405 g/mol. The molecule has 0 saturated heterocycles. The molecular weight excluding hydrogens is 373 g/mol. The zero-order valence-electron chi connectivity index (χ0n) is 17.5. The third-order valence-corrected chi connectivity index (χ3v) is 7.21. The van der Waals surface area contributed by atoms with E-state index in [0.29, 0.717) is 11.3 Å². The first-order chi connectivity index (χ1) is 11.7. The number of rotatable bonds is 6. The highest BCUT2D eigenvalue weighted by molar-refractivity contribution is 7.53. The summed E-state index contributed by atoms with van der Waals surface area (Å²) in [6.45, 7) is 13.6. The van der Waals surface area contributed by atoms with Crippen LogP contribution in [0.2, 0.25) is 0 Å². The molecule has 0 fully saturated rings. The van der Waals surface area contributed by atoms with E-state index in [-0.39, 0.29) is 5.82 Å². The number of aliphatic hydroxyl groups is 1. The molecule has 1 rings (SSSR count). The van der Waals surface area contributed by atoms with Gasteiger partial charge in [0.15, 0.2) is 5.34 Å². The van der Waals surface area contributed by atoms with Gasteiger partial charge in [0.05, 0.1) is 11.1 Å². The van der Waals surface area contributed by atoms with Crippen LogP contribution in [0.15, 0.2) is 4.79 Å². The number of nitrogens with two attached hydrogens (primary N) is 1. The van der Waals surface area contributed by atoms with Crippen molar-refractivity contribution in [3.8, 4) is 0 Å². The van der Waals surface area contributed by atoms with Crippen molar-refractivity contribution in [1.29, 1.82) is 0 Å². The van der Waals surface area contributed by atoms with Crippen molar-refractivity contribution in [1.82, 2.24) is 9.55 Å². The maximum Gasteiger partial charge on any atom is 0.356 e. The standard InChI is InChI=1S/C17H32N3O6P/c1-10-11(2)20(13(21)19-12(10)18)14(3,4)17(9,15(5,6)22)26-16(7,8)27(23,24)25/h22H,1-9H3,(H2,18,19,21)(H2,23,24,25). The number of hydrogen-bond acceptors (Lipinski definition) is 6. The van der Waals surface area contributed by atoms with Gasteiger partial charge in [-0.15, -0.1) is 0 Å². The van der Waals surface area contributed by atoms with Crippen LogP contribution in [0.1, 0.15) is 59.7 Å². The summed E-state index contributed by atoms with van der Waals surface area (Å²) in [5.74, 6) is 0.103. The maximum absolute atomic E-state index is 12.7. The van der Waals surface area contributed by atoms with Crippen LogP contribution >= 0.6 is 7.60 Å². The minimum Gasteiger partial charge on any atom is -0.387 e. The Balaban J connectivity index is 3.84. The summed E-state index contributed by atoms with van der Waals surface area (Å²) in [5, 5.41) is 9.02. The van der Waals surface area contributed by atoms with Crippen LogP contribution in [0, 0.1) is 13.8 Å². The SMILES string of the molecule is Cc1c(N)nc(=O)n(C(C)(C)C(C)(OC(C)(C)P(=O)(O)O)C(C)(C)O)c1C. The largest absolute Gasteiger partial charge is 0.387 e. The molecule has 0 spiro atoms. The molecule has 1 atom stereocenters. The van der Waals surface area contributed by atoms with E-state index >= 15 is 0 Å². The van der Waals surface area contributed by atoms with Gasteiger partial charge < -0.3 is 25.4 Å². The predicted octanol–water partition coefficient (Wildman–Crippen LogP) is 1.64. The molecule has 0 radical (unpaired) electrons. The van der Waals surface area contributed by atoms with Crippen LogP contribution in [-0.4, -0.2) is 41.0 Å². The van der Waals surface area contributed by atoms with E-state index in [1.165, 1.54) is 39.2 Å². The Morgan fingerprint density at radius 3 is 1.89 bits per heavy atom. The first-order valence-corrected chi connectivity index (χ1v) is 10.2. The lowest BCUT2D eigenvalue weighted by Crippen LogP contribution is -2.67. The van der Waals surface area contributed by atoms with Crippen LogP contribution in [0.3, 0.4) is 0 Å². The summed E-state index contributed by atoms with van der Waals surface area (Å²) in [6, 6.07) is 0. The fourth-order valence-corrected chi connectivity index (χ4v) is 3.46. The second kappa shape index (κ2) is 6.67. The zero-order chi connectivity index (χ0) is 21.8. The van der Waals surface area contributed by atoms with Gasteiger partial charge in [0.25, 0.3) is 0 Å². The first-order valence-electron chi connectivity index (χ1n) is 8.55. The van der Waals surface area contributed by atoms with Gasteiger partial charge in [0, 0.05) is 11.3 Å². The molecule has 0 aromatic carbocycles. The predicted molar refractivity (Wildman–Crippen MR) is 104 cm³/mol. The fourth-order valence-electron chi connectivity index (χ4n) is 3.16. The molecule has 5 N–H and O–H groups in total. The second-order valence-electron chi connectivity index (χ2n) is 8.57. The number of hydrogen-bond donors (Lipinski definition) is 4. The number of aromatic nitrogens is 2. The molecule has 156 valence electrons. The van der Waals surface area contributed by atoms with Crippen molar-refractivity contribution in [2.75, 3.05) is 5.73 Å². The molecule has 27 heavy (non-hydrogen) atoms. The van der Waals surface area contributed by atoms with E-state index in [4.69, 9.17) is 10.5 Å². The van der Waals surface area contributed by atoms with Gasteiger partial charge in [-0.1, -0.05) is 0 Å². The summed E-state index contributed by atoms with van der Waals surface area (Å²) < 4.78 is 19.2. The van der Waals surface area contributed by atoms with Crippen molar-refractivity contribution in [2.24, 2.45) is 0 Å². The Bertz CT molecular complexity index is 834. The molecular formula is C17H32N3O6P. The number of nitrogens with zero attached hydrogens (tertiary/aromatic N) is 2. The lowest BCUT2D eigenvalue weighted by atomic mass is 9.72. The third kappa shape index (κ3) is 3.84. The van der Waals surface area contributed by atoms with E-state index in [1.807, 2.05) is 0 Å². The molecule has 0 bridgehead atoms. The highest BCUT2D eigenvalue weighted by atomic mass is 31.2. The van der Waals surface area contributed by atoms with Gasteiger partial charge in [-0.25, -0.2) is 4.79 Å². The quantitative estimate of drug-likeness (QED) is 0.522. The van der Waals surface area contributed by atoms with Gasteiger partial charge >= 0.3 is 13.3 Å². The topological polar surface area (TPSA) is 148 Å². The van der Waals surface area contributed by atoms with Gasteiger partial charge in [-0.3, -0.25) is 9.13 Å². The second-order valence-corrected chi connectivity index (χ2v) is 10.7. The van der Waals surface area contributed by atoms with Crippen LogP contribution < -0.4 is 11.4 Å². The first kappa shape index (κ1) is 23.8. The van der Waals surface area contributed by atoms with Gasteiger partial charge in [0.1, 0.15) is 11.4 Å². The summed E-state index contributed by atoms with van der Waals surface area (Å²) >= 11 is 0. The van der Waals surface area contributed by atoms with Crippen molar-refractivity contribution in [2.45, 2.75) is 84.4 Å². The van der Waals surface area contributed by atoms with E-state index in [9.17, 15) is 24.3 Å². The van der Waals surface area contributed by atoms with Crippen molar-refractivity contribution in [3.05, 3.63) is 21.7 Å². The third-order valence-electron chi connectivity index (χ3n) is 5.72. The molecule has 1 aromatic heterocycles. The van der Waals surface area contributed by atoms with Crippen LogP contribution in [0.5, 0.6) is 0 Å². The summed E-state index contributed by atoms with van der Waals surface area (Å²) in [6.07, 6.45) is 0. The smallest absolute Gasteiger partial charge is 0.356 e. The number of anilines is 1. The molecule has 1 heterocycles. The van der Waals surface area contributed by atoms with Gasteiger partial charge in [-0.05, 0) is 62.3 Å². The Morgan fingerprint density at radius 2 is 1.52 bits per heavy atom. The minimum atomic E-state index is -4.69. The maximum atomic E-state index is 12.7. The van der Waals surface area contributed by atoms with E-state index in [1.54, 1.807) is 27.7 Å². The highest BCUT2D eigenvalue weighted by Gasteiger charge is 2.59. The van der Waals surface area contributed by atoms with Gasteiger partial charge in [-0.2, -0.15) is 4.98 Å². The molecule has 0 saturated carbocycles. The molecule has 0 amide bonds. The number of ether oxygens (including phenoxy) is 1.